The van der Waals surface area contributed by atoms with Crippen molar-refractivity contribution in [2.45, 2.75) is 31.2 Å². The second-order valence-electron chi connectivity index (χ2n) is 7.69. The van der Waals surface area contributed by atoms with Crippen molar-refractivity contribution in [2.75, 3.05) is 32.1 Å². The molecule has 156 valence electrons. The first-order valence-corrected chi connectivity index (χ1v) is 11.2. The number of nitrogens with one attached hydrogen (secondary N) is 1. The molecule has 1 N–H and O–H groups in total. The normalized spacial score (nSPS) is 15.5. The van der Waals surface area contributed by atoms with Gasteiger partial charge in [0.15, 0.2) is 0 Å². The molecule has 0 bridgehead atoms. The minimum Gasteiger partial charge on any atom is -0.357 e. The molecule has 0 aliphatic carbocycles. The minimum absolute atomic E-state index is 0.0945. The third kappa shape index (κ3) is 5.13. The van der Waals surface area contributed by atoms with Crippen LogP contribution < -0.4 is 10.2 Å². The van der Waals surface area contributed by atoms with E-state index in [0.29, 0.717) is 12.1 Å². The van der Waals surface area contributed by atoms with E-state index in [-0.39, 0.29) is 10.8 Å². The molecule has 1 amide bonds. The number of hydrogen-bond acceptors (Lipinski definition) is 5. The maximum atomic E-state index is 12.5. The molecule has 0 radical (unpaired) electrons. The summed E-state index contributed by atoms with van der Waals surface area (Å²) in [5.41, 5.74) is 1.20. The van der Waals surface area contributed by atoms with Gasteiger partial charge in [-0.1, -0.05) is 19.1 Å². The third-order valence-electron chi connectivity index (χ3n) is 5.24. The Hall–Kier alpha value is -2.45. The van der Waals surface area contributed by atoms with Gasteiger partial charge in [-0.2, -0.15) is 0 Å². The molecule has 0 atom stereocenters. The summed E-state index contributed by atoms with van der Waals surface area (Å²) >= 11 is 0. The van der Waals surface area contributed by atoms with Gasteiger partial charge in [0.05, 0.1) is 4.90 Å². The number of rotatable bonds is 6. The van der Waals surface area contributed by atoms with Crippen molar-refractivity contribution >= 4 is 21.7 Å². The number of pyridine rings is 1. The molecule has 0 saturated carbocycles. The number of anilines is 1. The lowest BCUT2D eigenvalue weighted by Gasteiger charge is -2.31. The van der Waals surface area contributed by atoms with Crippen LogP contribution in [0.2, 0.25) is 0 Å². The van der Waals surface area contributed by atoms with E-state index in [1.807, 2.05) is 12.1 Å². The number of sulfonamides is 1. The average Bonchev–Trinajstić information content (AvgIpc) is 2.73. The summed E-state index contributed by atoms with van der Waals surface area (Å²) in [6.45, 7) is 4.66. The lowest BCUT2D eigenvalue weighted by Crippen LogP contribution is -2.33. The summed E-state index contributed by atoms with van der Waals surface area (Å²) in [6.07, 6.45) is 4.14. The fraction of sp³-hybridized carbons (Fsp3) is 0.429. The summed E-state index contributed by atoms with van der Waals surface area (Å²) < 4.78 is 25.6. The van der Waals surface area contributed by atoms with E-state index in [4.69, 9.17) is 0 Å². The highest BCUT2D eigenvalue weighted by molar-refractivity contribution is 7.89. The SMILES string of the molecule is CC1CCN(c2ccc(CNC(=O)c3cccc(S(=O)(=O)N(C)C)c3)cn2)CC1. The van der Waals surface area contributed by atoms with Crippen molar-refractivity contribution in [3.05, 3.63) is 53.7 Å². The van der Waals surface area contributed by atoms with Crippen molar-refractivity contribution in [3.8, 4) is 0 Å². The lowest BCUT2D eigenvalue weighted by atomic mass is 9.99. The molecule has 2 aromatic rings. The molecule has 2 heterocycles. The molecule has 0 spiro atoms. The molecule has 29 heavy (non-hydrogen) atoms. The molecule has 8 heteroatoms. The topological polar surface area (TPSA) is 82.6 Å². The Morgan fingerprint density at radius 3 is 2.55 bits per heavy atom. The van der Waals surface area contributed by atoms with E-state index in [9.17, 15) is 13.2 Å². The van der Waals surface area contributed by atoms with Crippen LogP contribution in [0.5, 0.6) is 0 Å². The molecule has 1 saturated heterocycles. The van der Waals surface area contributed by atoms with Crippen molar-refractivity contribution in [1.29, 1.82) is 0 Å². The van der Waals surface area contributed by atoms with Crippen LogP contribution in [0.15, 0.2) is 47.5 Å². The van der Waals surface area contributed by atoms with Gasteiger partial charge >= 0.3 is 0 Å². The van der Waals surface area contributed by atoms with E-state index >= 15 is 0 Å². The number of piperidine rings is 1. The zero-order valence-corrected chi connectivity index (χ0v) is 17.9. The Morgan fingerprint density at radius 1 is 1.21 bits per heavy atom. The molecule has 1 aromatic carbocycles. The number of hydrogen-bond donors (Lipinski definition) is 1. The van der Waals surface area contributed by atoms with Crippen molar-refractivity contribution in [1.82, 2.24) is 14.6 Å². The molecule has 3 rings (SSSR count). The van der Waals surface area contributed by atoms with Crippen molar-refractivity contribution < 1.29 is 13.2 Å². The summed E-state index contributed by atoms with van der Waals surface area (Å²) in [5.74, 6) is 1.41. The zero-order valence-electron chi connectivity index (χ0n) is 17.1. The van der Waals surface area contributed by atoms with Gasteiger partial charge in [-0.3, -0.25) is 4.79 Å². The van der Waals surface area contributed by atoms with Crippen LogP contribution in [0.25, 0.3) is 0 Å². The highest BCUT2D eigenvalue weighted by Crippen LogP contribution is 2.21. The monoisotopic (exact) mass is 416 g/mol. The van der Waals surface area contributed by atoms with Gasteiger partial charge in [0.25, 0.3) is 5.91 Å². The summed E-state index contributed by atoms with van der Waals surface area (Å²) in [6, 6.07) is 10.00. The van der Waals surface area contributed by atoms with Gasteiger partial charge in [-0.25, -0.2) is 17.7 Å². The molecule has 1 aromatic heterocycles. The Labute approximate surface area is 172 Å². The van der Waals surface area contributed by atoms with E-state index in [1.54, 1.807) is 18.3 Å². The largest absolute Gasteiger partial charge is 0.357 e. The molecule has 0 unspecified atom stereocenters. The molecular formula is C21H28N4O3S. The van der Waals surface area contributed by atoms with Crippen LogP contribution in [-0.2, 0) is 16.6 Å². The first kappa shape index (κ1) is 21.3. The van der Waals surface area contributed by atoms with Gasteiger partial charge in [-0.15, -0.1) is 0 Å². The Bertz CT molecular complexity index is 950. The maximum absolute atomic E-state index is 12.5. The Kier molecular flexibility index (Phi) is 6.54. The summed E-state index contributed by atoms with van der Waals surface area (Å²) in [4.78, 5) is 19.4. The summed E-state index contributed by atoms with van der Waals surface area (Å²) in [5, 5.41) is 2.83. The van der Waals surface area contributed by atoms with Crippen LogP contribution in [0, 0.1) is 5.92 Å². The number of carbonyl (C=O) groups is 1. The number of aromatic nitrogens is 1. The van der Waals surface area contributed by atoms with Crippen LogP contribution in [0.4, 0.5) is 5.82 Å². The maximum Gasteiger partial charge on any atom is 0.251 e. The van der Waals surface area contributed by atoms with E-state index in [1.165, 1.54) is 39.1 Å². The quantitative estimate of drug-likeness (QED) is 0.782. The first-order valence-electron chi connectivity index (χ1n) is 9.78. The minimum atomic E-state index is -3.58. The fourth-order valence-corrected chi connectivity index (χ4v) is 4.19. The van der Waals surface area contributed by atoms with Gasteiger partial charge < -0.3 is 10.2 Å². The van der Waals surface area contributed by atoms with E-state index < -0.39 is 10.0 Å². The molecule has 1 fully saturated rings. The Morgan fingerprint density at radius 2 is 1.93 bits per heavy atom. The Balaban J connectivity index is 1.61. The second kappa shape index (κ2) is 8.92. The third-order valence-corrected chi connectivity index (χ3v) is 7.06. The summed E-state index contributed by atoms with van der Waals surface area (Å²) in [7, 11) is -0.657. The van der Waals surface area contributed by atoms with Gasteiger partial charge in [0.1, 0.15) is 5.82 Å². The molecular weight excluding hydrogens is 388 g/mol. The standard InChI is InChI=1S/C21H28N4O3S/c1-16-9-11-25(12-10-16)20-8-7-17(14-22-20)15-23-21(26)18-5-4-6-19(13-18)29(27,28)24(2)3/h4-8,13-14,16H,9-12,15H2,1-3H3,(H,23,26). The van der Waals surface area contributed by atoms with Crippen LogP contribution in [-0.4, -0.2) is 50.8 Å². The highest BCUT2D eigenvalue weighted by atomic mass is 32.2. The first-order chi connectivity index (χ1) is 13.8. The predicted octanol–water partition coefficient (Wildman–Crippen LogP) is 2.50. The van der Waals surface area contributed by atoms with Crippen LogP contribution in [0.1, 0.15) is 35.7 Å². The molecule has 7 nitrogen and oxygen atoms in total. The zero-order chi connectivity index (χ0) is 21.0. The average molecular weight is 417 g/mol. The predicted molar refractivity (Wildman–Crippen MR) is 113 cm³/mol. The van der Waals surface area contributed by atoms with Crippen molar-refractivity contribution in [3.63, 3.8) is 0 Å². The van der Waals surface area contributed by atoms with E-state index in [0.717, 1.165) is 34.7 Å². The van der Waals surface area contributed by atoms with E-state index in [2.05, 4.69) is 22.1 Å². The number of benzene rings is 1. The smallest absolute Gasteiger partial charge is 0.251 e. The number of carbonyl (C=O) groups excluding carboxylic acids is 1. The lowest BCUT2D eigenvalue weighted by molar-refractivity contribution is 0.0950. The molecule has 1 aliphatic heterocycles. The highest BCUT2D eigenvalue weighted by Gasteiger charge is 2.19. The van der Waals surface area contributed by atoms with Crippen molar-refractivity contribution in [2.24, 2.45) is 5.92 Å². The van der Waals surface area contributed by atoms with Gasteiger partial charge in [0.2, 0.25) is 10.0 Å². The number of amides is 1. The number of nitrogens with zero attached hydrogens (tertiary/aromatic N) is 3. The second-order valence-corrected chi connectivity index (χ2v) is 9.84. The molecule has 1 aliphatic rings. The van der Waals surface area contributed by atoms with Crippen LogP contribution in [0.3, 0.4) is 0 Å². The van der Waals surface area contributed by atoms with Gasteiger partial charge in [0, 0.05) is 45.5 Å². The fourth-order valence-electron chi connectivity index (χ4n) is 3.24. The van der Waals surface area contributed by atoms with Crippen LogP contribution >= 0.6 is 0 Å². The van der Waals surface area contributed by atoms with Gasteiger partial charge in [-0.05, 0) is 48.6 Å².